The van der Waals surface area contributed by atoms with Crippen molar-refractivity contribution in [3.63, 3.8) is 0 Å². The first-order chi connectivity index (χ1) is 12.0. The molecule has 2 aliphatic rings. The molecule has 2 N–H and O–H groups in total. The average molecular weight is 369 g/mol. The van der Waals surface area contributed by atoms with E-state index in [0.29, 0.717) is 11.6 Å². The minimum absolute atomic E-state index is 0.112. The number of nitrogens with zero attached hydrogens (tertiary/aromatic N) is 3. The average Bonchev–Trinajstić information content (AvgIpc) is 2.62. The third-order valence-electron chi connectivity index (χ3n) is 4.68. The van der Waals surface area contributed by atoms with E-state index in [1.54, 1.807) is 0 Å². The van der Waals surface area contributed by atoms with Crippen LogP contribution >= 0.6 is 0 Å². The number of anilines is 1. The monoisotopic (exact) mass is 369 g/mol. The standard InChI is InChI=1S/C16H27N5O3S/c1-25(22,23)14-12-19-16(18-5-6-21-7-9-24-10-8-21)20-15(14)13-3-2-4-17-11-13/h12-13,17H,2-11H2,1H3,(H,18,19,20)/t13-/m0/s1. The van der Waals surface area contributed by atoms with Crippen LogP contribution in [0.1, 0.15) is 24.5 Å². The van der Waals surface area contributed by atoms with E-state index in [4.69, 9.17) is 4.74 Å². The van der Waals surface area contributed by atoms with Crippen molar-refractivity contribution in [2.24, 2.45) is 0 Å². The molecule has 0 spiro atoms. The summed E-state index contributed by atoms with van der Waals surface area (Å²) in [5, 5.41) is 6.55. The Labute approximate surface area is 149 Å². The van der Waals surface area contributed by atoms with Crippen LogP contribution in [-0.4, -0.2) is 82.0 Å². The Kier molecular flexibility index (Phi) is 6.21. The van der Waals surface area contributed by atoms with E-state index < -0.39 is 9.84 Å². The summed E-state index contributed by atoms with van der Waals surface area (Å²) in [5.74, 6) is 0.613. The Balaban J connectivity index is 1.69. The lowest BCUT2D eigenvalue weighted by atomic mass is 9.96. The molecule has 0 radical (unpaired) electrons. The molecule has 25 heavy (non-hydrogen) atoms. The van der Waals surface area contributed by atoms with Gasteiger partial charge in [0.2, 0.25) is 5.95 Å². The van der Waals surface area contributed by atoms with E-state index >= 15 is 0 Å². The van der Waals surface area contributed by atoms with Gasteiger partial charge >= 0.3 is 0 Å². The van der Waals surface area contributed by atoms with Crippen molar-refractivity contribution in [1.82, 2.24) is 20.2 Å². The number of sulfone groups is 1. The Hall–Kier alpha value is -1.29. The first-order valence-electron chi connectivity index (χ1n) is 8.86. The minimum atomic E-state index is -3.34. The van der Waals surface area contributed by atoms with Crippen molar-refractivity contribution >= 4 is 15.8 Å². The van der Waals surface area contributed by atoms with Gasteiger partial charge in [0, 0.05) is 44.9 Å². The van der Waals surface area contributed by atoms with Crippen LogP contribution in [0.15, 0.2) is 11.1 Å². The highest BCUT2D eigenvalue weighted by atomic mass is 32.2. The molecule has 8 nitrogen and oxygen atoms in total. The third-order valence-corrected chi connectivity index (χ3v) is 5.79. The number of piperidine rings is 1. The van der Waals surface area contributed by atoms with Crippen LogP contribution in [0.2, 0.25) is 0 Å². The lowest BCUT2D eigenvalue weighted by Crippen LogP contribution is -2.39. The fourth-order valence-corrected chi connectivity index (χ4v) is 4.12. The summed E-state index contributed by atoms with van der Waals surface area (Å²) >= 11 is 0. The molecule has 0 unspecified atom stereocenters. The molecular formula is C16H27N5O3S. The van der Waals surface area contributed by atoms with Crippen LogP contribution in [0.5, 0.6) is 0 Å². The highest BCUT2D eigenvalue weighted by Crippen LogP contribution is 2.27. The van der Waals surface area contributed by atoms with E-state index in [0.717, 1.165) is 65.3 Å². The largest absolute Gasteiger partial charge is 0.379 e. The van der Waals surface area contributed by atoms with Crippen LogP contribution < -0.4 is 10.6 Å². The van der Waals surface area contributed by atoms with Crippen molar-refractivity contribution in [3.8, 4) is 0 Å². The minimum Gasteiger partial charge on any atom is -0.379 e. The Morgan fingerprint density at radius 2 is 2.20 bits per heavy atom. The lowest BCUT2D eigenvalue weighted by Gasteiger charge is -2.26. The fourth-order valence-electron chi connectivity index (χ4n) is 3.28. The molecule has 0 aromatic carbocycles. The van der Waals surface area contributed by atoms with Crippen LogP contribution in [0.4, 0.5) is 5.95 Å². The zero-order valence-electron chi connectivity index (χ0n) is 14.7. The maximum atomic E-state index is 12.1. The van der Waals surface area contributed by atoms with E-state index in [2.05, 4.69) is 25.5 Å². The fraction of sp³-hybridized carbons (Fsp3) is 0.750. The highest BCUT2D eigenvalue weighted by molar-refractivity contribution is 7.90. The van der Waals surface area contributed by atoms with Gasteiger partial charge in [-0.05, 0) is 19.4 Å². The van der Waals surface area contributed by atoms with Gasteiger partial charge in [0.15, 0.2) is 9.84 Å². The van der Waals surface area contributed by atoms with Gasteiger partial charge in [-0.3, -0.25) is 4.90 Å². The Bertz CT molecular complexity index is 670. The van der Waals surface area contributed by atoms with Crippen molar-refractivity contribution in [2.45, 2.75) is 23.7 Å². The number of morpholine rings is 1. The zero-order chi connectivity index (χ0) is 17.7. The SMILES string of the molecule is CS(=O)(=O)c1cnc(NCCN2CCOCC2)nc1[C@H]1CCCNC1. The van der Waals surface area contributed by atoms with Crippen LogP contribution in [0, 0.1) is 0 Å². The number of aromatic nitrogens is 2. The molecule has 2 aliphatic heterocycles. The van der Waals surface area contributed by atoms with Gasteiger partial charge in [-0.1, -0.05) is 0 Å². The second-order valence-corrected chi connectivity index (χ2v) is 8.62. The molecule has 1 aromatic heterocycles. The summed E-state index contributed by atoms with van der Waals surface area (Å²) in [7, 11) is -3.34. The van der Waals surface area contributed by atoms with Gasteiger partial charge < -0.3 is 15.4 Å². The molecule has 9 heteroatoms. The van der Waals surface area contributed by atoms with Gasteiger partial charge in [0.05, 0.1) is 25.1 Å². The predicted octanol–water partition coefficient (Wildman–Crippen LogP) is 0.0912. The predicted molar refractivity (Wildman–Crippen MR) is 95.7 cm³/mol. The molecular weight excluding hydrogens is 342 g/mol. The molecule has 2 fully saturated rings. The number of hydrogen-bond donors (Lipinski definition) is 2. The molecule has 0 saturated carbocycles. The molecule has 3 rings (SSSR count). The second-order valence-electron chi connectivity index (χ2n) is 6.64. The lowest BCUT2D eigenvalue weighted by molar-refractivity contribution is 0.0398. The maximum Gasteiger partial charge on any atom is 0.222 e. The van der Waals surface area contributed by atoms with Gasteiger partial charge in [-0.25, -0.2) is 18.4 Å². The molecule has 2 saturated heterocycles. The molecule has 1 aromatic rings. The van der Waals surface area contributed by atoms with Gasteiger partial charge in [-0.15, -0.1) is 0 Å². The van der Waals surface area contributed by atoms with E-state index in [-0.39, 0.29) is 10.8 Å². The van der Waals surface area contributed by atoms with Gasteiger partial charge in [0.25, 0.3) is 0 Å². The Morgan fingerprint density at radius 1 is 1.40 bits per heavy atom. The molecule has 140 valence electrons. The topological polar surface area (TPSA) is 96.5 Å². The first-order valence-corrected chi connectivity index (χ1v) is 10.7. The van der Waals surface area contributed by atoms with Crippen LogP contribution in [-0.2, 0) is 14.6 Å². The molecule has 0 amide bonds. The summed E-state index contributed by atoms with van der Waals surface area (Å²) < 4.78 is 29.5. The summed E-state index contributed by atoms with van der Waals surface area (Å²) in [6, 6.07) is 0. The number of nitrogens with one attached hydrogen (secondary N) is 2. The molecule has 3 heterocycles. The van der Waals surface area contributed by atoms with Crippen molar-refractivity contribution in [3.05, 3.63) is 11.9 Å². The quantitative estimate of drug-likeness (QED) is 0.728. The van der Waals surface area contributed by atoms with E-state index in [9.17, 15) is 8.42 Å². The third kappa shape index (κ3) is 5.10. The molecule has 0 aliphatic carbocycles. The smallest absolute Gasteiger partial charge is 0.222 e. The summed E-state index contributed by atoms with van der Waals surface area (Å²) in [6.07, 6.45) is 4.64. The number of ether oxygens (including phenoxy) is 1. The van der Waals surface area contributed by atoms with Crippen molar-refractivity contribution < 1.29 is 13.2 Å². The normalized spacial score (nSPS) is 22.7. The molecule has 0 bridgehead atoms. The molecule has 1 atom stereocenters. The number of hydrogen-bond acceptors (Lipinski definition) is 8. The number of rotatable bonds is 6. The van der Waals surface area contributed by atoms with Gasteiger partial charge in [-0.2, -0.15) is 0 Å². The summed E-state index contributed by atoms with van der Waals surface area (Å²) in [5.41, 5.74) is 0.638. The van der Waals surface area contributed by atoms with E-state index in [1.165, 1.54) is 12.5 Å². The zero-order valence-corrected chi connectivity index (χ0v) is 15.5. The second kappa shape index (κ2) is 8.39. The van der Waals surface area contributed by atoms with Gasteiger partial charge in [0.1, 0.15) is 4.90 Å². The summed E-state index contributed by atoms with van der Waals surface area (Å²) in [6.45, 7) is 6.77. The van der Waals surface area contributed by atoms with Crippen LogP contribution in [0.3, 0.4) is 0 Å². The van der Waals surface area contributed by atoms with E-state index in [1.807, 2.05) is 0 Å². The van der Waals surface area contributed by atoms with Crippen molar-refractivity contribution in [2.75, 3.05) is 64.1 Å². The summed E-state index contributed by atoms with van der Waals surface area (Å²) in [4.78, 5) is 11.4. The Morgan fingerprint density at radius 3 is 2.88 bits per heavy atom. The van der Waals surface area contributed by atoms with Crippen LogP contribution in [0.25, 0.3) is 0 Å². The van der Waals surface area contributed by atoms with Crippen molar-refractivity contribution in [1.29, 1.82) is 0 Å². The highest BCUT2D eigenvalue weighted by Gasteiger charge is 2.25. The first kappa shape index (κ1) is 18.5. The maximum absolute atomic E-state index is 12.1.